The quantitative estimate of drug-likeness (QED) is 0.753. The van der Waals surface area contributed by atoms with E-state index in [1.807, 2.05) is 36.8 Å². The van der Waals surface area contributed by atoms with E-state index in [1.165, 1.54) is 0 Å². The van der Waals surface area contributed by atoms with E-state index in [2.05, 4.69) is 20.4 Å². The second kappa shape index (κ2) is 7.90. The number of benzene rings is 1. The largest absolute Gasteiger partial charge is 0.478 e. The van der Waals surface area contributed by atoms with E-state index >= 15 is 0 Å². The van der Waals surface area contributed by atoms with Crippen molar-refractivity contribution >= 4 is 11.5 Å². The van der Waals surface area contributed by atoms with Crippen molar-refractivity contribution in [3.63, 3.8) is 0 Å². The Balaban J connectivity index is 1.44. The van der Waals surface area contributed by atoms with Gasteiger partial charge in [0.1, 0.15) is 0 Å². The smallest absolute Gasteiger partial charge is 0.335 e. The number of rotatable bonds is 5. The van der Waals surface area contributed by atoms with E-state index < -0.39 is 5.97 Å². The number of ether oxygens (including phenoxy) is 1. The molecule has 1 atom stereocenters. The number of hydrogen-bond donors (Lipinski definition) is 1. The highest BCUT2D eigenvalue weighted by Gasteiger charge is 2.21. The van der Waals surface area contributed by atoms with Gasteiger partial charge in [0.15, 0.2) is 0 Å². The van der Waals surface area contributed by atoms with Crippen LogP contribution in [-0.2, 0) is 17.7 Å². The van der Waals surface area contributed by atoms with E-state index in [9.17, 15) is 4.79 Å². The summed E-state index contributed by atoms with van der Waals surface area (Å²) in [4.78, 5) is 18.0. The normalized spacial score (nSPS) is 18.4. The third-order valence-electron chi connectivity index (χ3n) is 5.04. The van der Waals surface area contributed by atoms with Crippen LogP contribution in [0.5, 0.6) is 0 Å². The van der Waals surface area contributed by atoms with E-state index in [1.54, 1.807) is 12.1 Å². The molecule has 0 bridgehead atoms. The Kier molecular flexibility index (Phi) is 5.18. The van der Waals surface area contributed by atoms with Gasteiger partial charge < -0.3 is 14.2 Å². The maximum Gasteiger partial charge on any atom is 0.335 e. The summed E-state index contributed by atoms with van der Waals surface area (Å²) in [6.07, 6.45) is 6.73. The molecule has 0 amide bonds. The van der Waals surface area contributed by atoms with Gasteiger partial charge in [-0.25, -0.2) is 4.79 Å². The molecule has 27 heavy (non-hydrogen) atoms. The molecule has 1 aromatic carbocycles. The number of aromatic carboxylic acids is 1. The first-order valence-corrected chi connectivity index (χ1v) is 9.22. The Morgan fingerprint density at radius 1 is 1.22 bits per heavy atom. The van der Waals surface area contributed by atoms with E-state index in [0.29, 0.717) is 18.1 Å². The molecule has 1 N–H and O–H groups in total. The molecular formula is C21H23N3O3. The van der Waals surface area contributed by atoms with Crippen molar-refractivity contribution in [2.45, 2.75) is 13.0 Å². The van der Waals surface area contributed by atoms with Crippen molar-refractivity contribution in [2.24, 2.45) is 5.92 Å². The van der Waals surface area contributed by atoms with Gasteiger partial charge in [0.2, 0.25) is 0 Å². The average molecular weight is 365 g/mol. The summed E-state index contributed by atoms with van der Waals surface area (Å²) in [6, 6.07) is 11.3. The Morgan fingerprint density at radius 2 is 2.07 bits per heavy atom. The molecule has 0 saturated carbocycles. The Labute approximate surface area is 158 Å². The van der Waals surface area contributed by atoms with Crippen LogP contribution in [0.3, 0.4) is 0 Å². The molecule has 1 saturated heterocycles. The topological polar surface area (TPSA) is 67.1 Å². The van der Waals surface area contributed by atoms with Crippen molar-refractivity contribution in [2.75, 3.05) is 26.3 Å². The van der Waals surface area contributed by atoms with Crippen LogP contribution in [-0.4, -0.2) is 51.7 Å². The van der Waals surface area contributed by atoms with Gasteiger partial charge in [-0.1, -0.05) is 12.1 Å². The molecule has 3 aromatic rings. The van der Waals surface area contributed by atoms with Crippen molar-refractivity contribution < 1.29 is 14.6 Å². The van der Waals surface area contributed by atoms with E-state index in [4.69, 9.17) is 9.84 Å². The van der Waals surface area contributed by atoms with Gasteiger partial charge in [0, 0.05) is 44.1 Å². The van der Waals surface area contributed by atoms with Gasteiger partial charge in [-0.15, -0.1) is 0 Å². The molecule has 1 fully saturated rings. The molecule has 0 spiro atoms. The predicted molar refractivity (Wildman–Crippen MR) is 102 cm³/mol. The van der Waals surface area contributed by atoms with Crippen molar-refractivity contribution in [1.29, 1.82) is 0 Å². The lowest BCUT2D eigenvalue weighted by Crippen LogP contribution is -2.30. The monoisotopic (exact) mass is 365 g/mol. The summed E-state index contributed by atoms with van der Waals surface area (Å²) >= 11 is 0. The first-order valence-electron chi connectivity index (χ1n) is 9.22. The van der Waals surface area contributed by atoms with Gasteiger partial charge in [-0.05, 0) is 36.2 Å². The minimum Gasteiger partial charge on any atom is -0.478 e. The molecule has 2 aromatic heterocycles. The third kappa shape index (κ3) is 4.18. The first-order chi connectivity index (χ1) is 13.2. The highest BCUT2D eigenvalue weighted by Crippen LogP contribution is 2.18. The maximum atomic E-state index is 11.0. The lowest BCUT2D eigenvalue weighted by molar-refractivity contribution is 0.0697. The fraction of sp³-hybridized carbons (Fsp3) is 0.333. The fourth-order valence-electron chi connectivity index (χ4n) is 3.69. The van der Waals surface area contributed by atoms with Crippen molar-refractivity contribution in [3.05, 3.63) is 71.8 Å². The zero-order chi connectivity index (χ0) is 18.6. The van der Waals surface area contributed by atoms with Crippen LogP contribution < -0.4 is 0 Å². The molecule has 0 aliphatic carbocycles. The van der Waals surface area contributed by atoms with Gasteiger partial charge in [-0.2, -0.15) is 0 Å². The van der Waals surface area contributed by atoms with Crippen LogP contribution in [0, 0.1) is 5.92 Å². The second-order valence-corrected chi connectivity index (χ2v) is 7.06. The summed E-state index contributed by atoms with van der Waals surface area (Å²) in [5.41, 5.74) is 3.69. The van der Waals surface area contributed by atoms with Crippen LogP contribution in [0.1, 0.15) is 21.6 Å². The summed E-state index contributed by atoms with van der Waals surface area (Å²) in [5, 5.41) is 9.03. The van der Waals surface area contributed by atoms with Crippen LogP contribution in [0.25, 0.3) is 5.52 Å². The highest BCUT2D eigenvalue weighted by molar-refractivity contribution is 5.87. The molecule has 6 heteroatoms. The summed E-state index contributed by atoms with van der Waals surface area (Å²) in [5.74, 6) is -0.517. The van der Waals surface area contributed by atoms with Crippen LogP contribution in [0.15, 0.2) is 55.0 Å². The van der Waals surface area contributed by atoms with Crippen molar-refractivity contribution in [1.82, 2.24) is 14.3 Å². The third-order valence-corrected chi connectivity index (χ3v) is 5.04. The van der Waals surface area contributed by atoms with Gasteiger partial charge >= 0.3 is 5.97 Å². The van der Waals surface area contributed by atoms with Crippen molar-refractivity contribution in [3.8, 4) is 0 Å². The maximum absolute atomic E-state index is 11.0. The average Bonchev–Trinajstić information content (AvgIpc) is 3.05. The zero-order valence-corrected chi connectivity index (χ0v) is 15.1. The summed E-state index contributed by atoms with van der Waals surface area (Å²) in [6.45, 7) is 4.05. The minimum absolute atomic E-state index is 0.321. The van der Waals surface area contributed by atoms with Crippen LogP contribution in [0.4, 0.5) is 0 Å². The summed E-state index contributed by atoms with van der Waals surface area (Å²) < 4.78 is 7.94. The lowest BCUT2D eigenvalue weighted by Gasteiger charge is -2.23. The van der Waals surface area contributed by atoms with E-state index in [-0.39, 0.29) is 0 Å². The van der Waals surface area contributed by atoms with Gasteiger partial charge in [0.25, 0.3) is 0 Å². The summed E-state index contributed by atoms with van der Waals surface area (Å²) in [7, 11) is 0. The first kappa shape index (κ1) is 17.7. The number of nitrogens with zero attached hydrogens (tertiary/aromatic N) is 3. The van der Waals surface area contributed by atoms with Gasteiger partial charge in [0.05, 0.1) is 30.0 Å². The second-order valence-electron chi connectivity index (χ2n) is 7.06. The standard InChI is InChI=1S/C21H23N3O3/c25-21(26)18-5-3-16(4-6-18)13-23-10-11-27-15-17(14-23)12-19-20-2-1-8-24(20)9-7-22-19/h1-9,17H,10-15H2,(H,25,26)/t17-/m0/s1. The Bertz CT molecular complexity index is 920. The molecule has 6 nitrogen and oxygen atoms in total. The zero-order valence-electron chi connectivity index (χ0n) is 15.1. The number of carboxylic acids is 1. The molecule has 140 valence electrons. The number of hydrogen-bond acceptors (Lipinski definition) is 4. The number of fused-ring (bicyclic) bond motifs is 1. The molecular weight excluding hydrogens is 342 g/mol. The predicted octanol–water partition coefficient (Wildman–Crippen LogP) is 2.72. The molecule has 0 radical (unpaired) electrons. The Hall–Kier alpha value is -2.70. The molecule has 1 aliphatic rings. The minimum atomic E-state index is -0.892. The molecule has 3 heterocycles. The Morgan fingerprint density at radius 3 is 2.89 bits per heavy atom. The lowest BCUT2D eigenvalue weighted by atomic mass is 10.0. The van der Waals surface area contributed by atoms with Crippen LogP contribution in [0.2, 0.25) is 0 Å². The highest BCUT2D eigenvalue weighted by atomic mass is 16.5. The fourth-order valence-corrected chi connectivity index (χ4v) is 3.69. The number of carboxylic acid groups (broad SMARTS) is 1. The van der Waals surface area contributed by atoms with E-state index in [0.717, 1.165) is 49.4 Å². The SMILES string of the molecule is O=C(O)c1ccc(CN2CCOC[C@@H](Cc3nccn4cccc34)C2)cc1. The molecule has 1 aliphatic heterocycles. The van der Waals surface area contributed by atoms with Crippen LogP contribution >= 0.6 is 0 Å². The number of aromatic nitrogens is 2. The van der Waals surface area contributed by atoms with Gasteiger partial charge in [-0.3, -0.25) is 9.88 Å². The molecule has 4 rings (SSSR count). The molecule has 0 unspecified atom stereocenters. The number of carbonyl (C=O) groups is 1.